The number of pyridine rings is 1. The van der Waals surface area contributed by atoms with E-state index in [4.69, 9.17) is 4.98 Å². The molecular weight excluding hydrogens is 1120 g/mol. The first-order valence-corrected chi connectivity index (χ1v) is 29.1. The fourth-order valence-corrected chi connectivity index (χ4v) is 11.9. The van der Waals surface area contributed by atoms with Gasteiger partial charge in [-0.2, -0.15) is 11.3 Å². The van der Waals surface area contributed by atoms with Crippen molar-refractivity contribution in [1.82, 2.24) is 14.5 Å². The average molecular weight is 1170 g/mol. The molecule has 3 aromatic heterocycles. The van der Waals surface area contributed by atoms with E-state index in [2.05, 4.69) is 214 Å². The third kappa shape index (κ3) is 9.89. The summed E-state index contributed by atoms with van der Waals surface area (Å²) < 4.78 is 19.7. The maximum Gasteiger partial charge on any atom is 0.131 e. The van der Waals surface area contributed by atoms with Crippen LogP contribution >= 0.6 is 11.3 Å². The minimum absolute atomic E-state index is 0. The molecule has 365 valence electrons. The van der Waals surface area contributed by atoms with Crippen molar-refractivity contribution in [2.45, 2.75) is 45.8 Å². The second kappa shape index (κ2) is 20.9. The van der Waals surface area contributed by atoms with E-state index >= 15 is 4.39 Å². The Labute approximate surface area is 452 Å². The van der Waals surface area contributed by atoms with E-state index in [-0.39, 0.29) is 31.3 Å². The summed E-state index contributed by atoms with van der Waals surface area (Å²) in [6, 6.07) is 79.8. The summed E-state index contributed by atoms with van der Waals surface area (Å²) in [5.74, 6) is 0.589. The van der Waals surface area contributed by atoms with Crippen molar-refractivity contribution < 1.29 is 24.5 Å². The molecule has 9 aromatic carbocycles. The van der Waals surface area contributed by atoms with Crippen LogP contribution in [0.3, 0.4) is 0 Å². The Morgan fingerprint density at radius 2 is 1.19 bits per heavy atom. The number of rotatable bonds is 8. The Hall–Kier alpha value is -7.38. The minimum atomic E-state index is -1.23. The summed E-state index contributed by atoms with van der Waals surface area (Å²) in [5, 5.41) is 3.66. The summed E-state index contributed by atoms with van der Waals surface area (Å²) in [6.45, 7) is 13.8. The van der Waals surface area contributed by atoms with Gasteiger partial charge < -0.3 is 9.55 Å². The van der Waals surface area contributed by atoms with E-state index in [1.165, 1.54) is 16.8 Å². The number of aromatic nitrogens is 3. The first-order valence-electron chi connectivity index (χ1n) is 24.8. The van der Waals surface area contributed by atoms with Crippen molar-refractivity contribution >= 4 is 55.8 Å². The summed E-state index contributed by atoms with van der Waals surface area (Å²) >= 11 is 1.72. The van der Waals surface area contributed by atoms with Gasteiger partial charge in [0.15, 0.2) is 0 Å². The first-order chi connectivity index (χ1) is 35.4. The van der Waals surface area contributed by atoms with E-state index in [1.807, 2.05) is 54.7 Å². The number of benzene rings is 9. The van der Waals surface area contributed by atoms with Crippen LogP contribution in [0.1, 0.15) is 26.3 Å². The van der Waals surface area contributed by atoms with Gasteiger partial charge in [-0.15, -0.1) is 48.0 Å². The van der Waals surface area contributed by atoms with Crippen LogP contribution in [0.2, 0.25) is 19.6 Å². The molecule has 0 aliphatic carbocycles. The quantitative estimate of drug-likeness (QED) is 0.112. The third-order valence-corrected chi connectivity index (χ3v) is 16.8. The summed E-state index contributed by atoms with van der Waals surface area (Å²) in [7, 11) is -1.23. The molecule has 0 amide bonds. The van der Waals surface area contributed by atoms with E-state index < -0.39 is 8.07 Å². The predicted octanol–water partition coefficient (Wildman–Crippen LogP) is 18.1. The van der Waals surface area contributed by atoms with Crippen LogP contribution in [-0.2, 0) is 25.5 Å². The number of thiophene rings is 1. The monoisotopic (exact) mass is 1170 g/mol. The first kappa shape index (κ1) is 50.2. The smallest absolute Gasteiger partial charge is 0.131 e. The second-order valence-corrected chi connectivity index (χ2v) is 26.7. The maximum absolute atomic E-state index is 15.1. The molecule has 0 saturated carbocycles. The molecule has 3 nitrogen and oxygen atoms in total. The molecule has 0 N–H and O–H groups in total. The molecular formula is C67H54FIrN3SSi-2. The molecule has 0 bridgehead atoms. The molecule has 3 heterocycles. The van der Waals surface area contributed by atoms with E-state index in [1.54, 1.807) is 17.4 Å². The SMILES string of the molecule is CC(C)(C)c1cc(-c2ccccc2)c(-n2c(-c3[c-]cc(-c4ccccc4)c4c3sc3cc(-c5ccccc5F)ccc34)nc3ccccc32)c(-c2ccccc2)c1.C[Si](C)(C)c1ccc(-c2[c-]cccc2)nc1.[Ir]. The Morgan fingerprint density at radius 3 is 1.78 bits per heavy atom. The molecule has 0 spiro atoms. The van der Waals surface area contributed by atoms with Crippen LogP contribution in [-0.4, -0.2) is 22.6 Å². The van der Waals surface area contributed by atoms with Crippen molar-refractivity contribution in [3.8, 4) is 72.8 Å². The molecule has 12 aromatic rings. The zero-order valence-corrected chi connectivity index (χ0v) is 46.5. The largest absolute Gasteiger partial charge is 0.332 e. The van der Waals surface area contributed by atoms with E-state index in [0.29, 0.717) is 5.56 Å². The van der Waals surface area contributed by atoms with Crippen LogP contribution in [0.25, 0.3) is 104 Å². The molecule has 0 aliphatic heterocycles. The zero-order valence-electron chi connectivity index (χ0n) is 42.2. The van der Waals surface area contributed by atoms with Gasteiger partial charge >= 0.3 is 0 Å². The number of imidazole rings is 1. The Balaban J connectivity index is 0.000000315. The van der Waals surface area contributed by atoms with Gasteiger partial charge in [0.2, 0.25) is 0 Å². The van der Waals surface area contributed by atoms with Crippen LogP contribution in [0, 0.1) is 17.9 Å². The zero-order chi connectivity index (χ0) is 50.3. The molecule has 12 rings (SSSR count). The van der Waals surface area contributed by atoms with Gasteiger partial charge in [-0.05, 0) is 85.0 Å². The molecule has 0 aliphatic rings. The molecule has 0 fully saturated rings. The predicted molar refractivity (Wildman–Crippen MR) is 310 cm³/mol. The number of hydrogen-bond donors (Lipinski definition) is 0. The fraction of sp³-hybridized carbons (Fsp3) is 0.104. The summed E-state index contributed by atoms with van der Waals surface area (Å²) in [4.78, 5) is 10.0. The second-order valence-electron chi connectivity index (χ2n) is 20.6. The van der Waals surface area contributed by atoms with Gasteiger partial charge in [0.1, 0.15) is 5.82 Å². The van der Waals surface area contributed by atoms with Crippen molar-refractivity contribution in [1.29, 1.82) is 0 Å². The average Bonchev–Trinajstić information content (AvgIpc) is 4.01. The van der Waals surface area contributed by atoms with Gasteiger partial charge in [-0.1, -0.05) is 208 Å². The summed E-state index contributed by atoms with van der Waals surface area (Å²) in [6.07, 6.45) is 2.02. The van der Waals surface area contributed by atoms with Gasteiger partial charge in [-0.3, -0.25) is 4.98 Å². The van der Waals surface area contributed by atoms with Crippen LogP contribution in [0.15, 0.2) is 219 Å². The number of para-hydroxylation sites is 2. The van der Waals surface area contributed by atoms with Crippen LogP contribution < -0.4 is 5.19 Å². The molecule has 74 heavy (non-hydrogen) atoms. The third-order valence-electron chi connectivity index (χ3n) is 13.6. The number of nitrogens with zero attached hydrogens (tertiary/aromatic N) is 3. The Bertz CT molecular complexity index is 3860. The minimum Gasteiger partial charge on any atom is -0.332 e. The van der Waals surface area contributed by atoms with Crippen LogP contribution in [0.4, 0.5) is 4.39 Å². The molecule has 0 saturated heterocycles. The fourth-order valence-electron chi connectivity index (χ4n) is 9.65. The topological polar surface area (TPSA) is 30.7 Å². The van der Waals surface area contributed by atoms with E-state index in [0.717, 1.165) is 98.5 Å². The maximum atomic E-state index is 15.1. The summed E-state index contributed by atoms with van der Waals surface area (Å²) in [5.41, 5.74) is 15.3. The molecule has 0 atom stereocenters. The number of fused-ring (bicyclic) bond motifs is 4. The molecule has 0 unspecified atom stereocenters. The van der Waals surface area contributed by atoms with Gasteiger partial charge in [0.25, 0.3) is 0 Å². The Kier molecular flexibility index (Phi) is 14.1. The van der Waals surface area contributed by atoms with Crippen LogP contribution in [0.5, 0.6) is 0 Å². The van der Waals surface area contributed by atoms with Gasteiger partial charge in [-0.25, -0.2) is 4.39 Å². The van der Waals surface area contributed by atoms with E-state index in [9.17, 15) is 0 Å². The van der Waals surface area contributed by atoms with Gasteiger partial charge in [0, 0.05) is 47.7 Å². The normalized spacial score (nSPS) is 11.6. The van der Waals surface area contributed by atoms with Crippen molar-refractivity contribution in [2.75, 3.05) is 0 Å². The van der Waals surface area contributed by atoms with Crippen molar-refractivity contribution in [3.05, 3.63) is 242 Å². The van der Waals surface area contributed by atoms with Gasteiger partial charge in [0.05, 0.1) is 30.6 Å². The number of hydrogen-bond acceptors (Lipinski definition) is 3. The number of halogens is 1. The van der Waals surface area contributed by atoms with Crippen molar-refractivity contribution in [2.24, 2.45) is 0 Å². The molecule has 7 heteroatoms. The molecule has 1 radical (unpaired) electrons. The van der Waals surface area contributed by atoms with Crippen molar-refractivity contribution in [3.63, 3.8) is 0 Å². The standard InChI is InChI=1S/C53H38FN2S.C14H16NSi.Ir/c1-53(2,3)38-32-43(35-19-9-5-10-20-35)50(44(33-38)36-21-11-6-12-22-36)56-47-26-16-15-25-46(47)55-52(56)42-30-29-40(34-17-7-4-8-18-34)49-41-28-27-37(31-48(41)57-51(42)49)39-23-13-14-24-45(39)54;1-16(2,3)13-9-10-14(15-11-13)12-7-5-4-6-8-12;/h4-29,31-33H,1-3H3;4-7,9-11H,1-3H3;/q2*-1;. The Morgan fingerprint density at radius 1 is 0.581 bits per heavy atom.